The topological polar surface area (TPSA) is 12.0 Å². The highest BCUT2D eigenvalue weighted by molar-refractivity contribution is 5.01. The van der Waals surface area contributed by atoms with Crippen molar-refractivity contribution in [2.75, 3.05) is 13.1 Å². The lowest BCUT2D eigenvalue weighted by Crippen LogP contribution is -2.38. The highest BCUT2D eigenvalue weighted by Crippen LogP contribution is 2.51. The van der Waals surface area contributed by atoms with E-state index in [2.05, 4.69) is 12.2 Å². The van der Waals surface area contributed by atoms with Crippen LogP contribution in [0, 0.1) is 11.3 Å². The van der Waals surface area contributed by atoms with Crippen LogP contribution in [0.4, 0.5) is 0 Å². The van der Waals surface area contributed by atoms with E-state index in [1.165, 1.54) is 38.8 Å². The molecule has 0 bridgehead atoms. The number of hydrogen-bond acceptors (Lipinski definition) is 1. The maximum atomic E-state index is 3.51. The lowest BCUT2D eigenvalue weighted by molar-refractivity contribution is 0.0740. The van der Waals surface area contributed by atoms with E-state index < -0.39 is 0 Å². The molecule has 0 aromatic heterocycles. The van der Waals surface area contributed by atoms with E-state index in [1.54, 1.807) is 0 Å². The van der Waals surface area contributed by atoms with Crippen molar-refractivity contribution in [3.05, 3.63) is 0 Å². The summed E-state index contributed by atoms with van der Waals surface area (Å²) in [6, 6.07) is 0. The molecule has 58 valence electrons. The number of nitrogens with one attached hydrogen (secondary N) is 1. The monoisotopic (exact) mass is 139 g/mol. The molecule has 2 atom stereocenters. The van der Waals surface area contributed by atoms with Crippen LogP contribution in [-0.4, -0.2) is 13.1 Å². The van der Waals surface area contributed by atoms with Crippen LogP contribution in [0.15, 0.2) is 0 Å². The fourth-order valence-corrected chi connectivity index (χ4v) is 2.72. The third-order valence-electron chi connectivity index (χ3n) is 3.47. The van der Waals surface area contributed by atoms with Crippen LogP contribution in [-0.2, 0) is 0 Å². The molecule has 2 aliphatic rings. The van der Waals surface area contributed by atoms with Crippen molar-refractivity contribution < 1.29 is 0 Å². The van der Waals surface area contributed by atoms with Gasteiger partial charge in [0.1, 0.15) is 0 Å². The molecule has 2 rings (SSSR count). The van der Waals surface area contributed by atoms with Gasteiger partial charge in [0.2, 0.25) is 0 Å². The van der Waals surface area contributed by atoms with Gasteiger partial charge in [-0.25, -0.2) is 0 Å². The lowest BCUT2D eigenvalue weighted by atomic mass is 9.60. The van der Waals surface area contributed by atoms with E-state index in [0.717, 1.165) is 11.3 Å². The molecule has 1 N–H and O–H groups in total. The molecule has 0 amide bonds. The number of fused-ring (bicyclic) bond motifs is 1. The molecule has 1 aliphatic heterocycles. The fraction of sp³-hybridized carbons (Fsp3) is 1.00. The minimum absolute atomic E-state index is 0.773. The number of hydrogen-bond donors (Lipinski definition) is 1. The quantitative estimate of drug-likeness (QED) is 0.615. The van der Waals surface area contributed by atoms with Crippen LogP contribution >= 0.6 is 0 Å². The van der Waals surface area contributed by atoms with Crippen LogP contribution in [0.5, 0.6) is 0 Å². The SMILES string of the molecule is CCCC12CCC1CNC2. The molecule has 10 heavy (non-hydrogen) atoms. The Morgan fingerprint density at radius 2 is 2.50 bits per heavy atom. The van der Waals surface area contributed by atoms with Crippen molar-refractivity contribution in [2.24, 2.45) is 11.3 Å². The van der Waals surface area contributed by atoms with Gasteiger partial charge in [-0.05, 0) is 37.1 Å². The van der Waals surface area contributed by atoms with Crippen molar-refractivity contribution in [1.29, 1.82) is 0 Å². The Hall–Kier alpha value is -0.0400. The summed E-state index contributed by atoms with van der Waals surface area (Å²) in [6.07, 6.45) is 5.83. The zero-order valence-corrected chi connectivity index (χ0v) is 6.82. The van der Waals surface area contributed by atoms with E-state index >= 15 is 0 Å². The second-order valence-corrected chi connectivity index (χ2v) is 3.98. The first-order chi connectivity index (χ1) is 4.87. The zero-order valence-electron chi connectivity index (χ0n) is 6.82. The van der Waals surface area contributed by atoms with Gasteiger partial charge in [-0.3, -0.25) is 0 Å². The van der Waals surface area contributed by atoms with Gasteiger partial charge in [-0.2, -0.15) is 0 Å². The predicted molar refractivity (Wildman–Crippen MR) is 42.9 cm³/mol. The van der Waals surface area contributed by atoms with E-state index in [0.29, 0.717) is 0 Å². The van der Waals surface area contributed by atoms with Gasteiger partial charge in [0.05, 0.1) is 0 Å². The van der Waals surface area contributed by atoms with Crippen molar-refractivity contribution in [3.63, 3.8) is 0 Å². The summed E-state index contributed by atoms with van der Waals surface area (Å²) in [5.74, 6) is 1.05. The summed E-state index contributed by atoms with van der Waals surface area (Å²) < 4.78 is 0. The van der Waals surface area contributed by atoms with Crippen LogP contribution in [0.25, 0.3) is 0 Å². The van der Waals surface area contributed by atoms with Gasteiger partial charge in [0.25, 0.3) is 0 Å². The Labute approximate surface area is 63.2 Å². The molecule has 0 aromatic carbocycles. The van der Waals surface area contributed by atoms with Crippen LogP contribution in [0.2, 0.25) is 0 Å². The maximum Gasteiger partial charge on any atom is 0.00111 e. The first-order valence-electron chi connectivity index (χ1n) is 4.58. The van der Waals surface area contributed by atoms with E-state index in [-0.39, 0.29) is 0 Å². The Morgan fingerprint density at radius 1 is 1.60 bits per heavy atom. The molecule has 0 radical (unpaired) electrons. The van der Waals surface area contributed by atoms with Crippen LogP contribution in [0.3, 0.4) is 0 Å². The molecular formula is C9H17N. The molecule has 1 nitrogen and oxygen atoms in total. The minimum atomic E-state index is 0.773. The van der Waals surface area contributed by atoms with Crippen LogP contribution in [0.1, 0.15) is 32.6 Å². The second-order valence-electron chi connectivity index (χ2n) is 3.98. The summed E-state index contributed by atoms with van der Waals surface area (Å²) >= 11 is 0. The summed E-state index contributed by atoms with van der Waals surface area (Å²) in [7, 11) is 0. The summed E-state index contributed by atoms with van der Waals surface area (Å²) in [6.45, 7) is 4.92. The minimum Gasteiger partial charge on any atom is -0.316 e. The maximum absolute atomic E-state index is 3.51. The standard InChI is InChI=1S/C9H17N/c1-2-4-9-5-3-8(9)6-10-7-9/h8,10H,2-7H2,1H3. The van der Waals surface area contributed by atoms with Crippen molar-refractivity contribution in [2.45, 2.75) is 32.6 Å². The van der Waals surface area contributed by atoms with Crippen LogP contribution < -0.4 is 5.32 Å². The third kappa shape index (κ3) is 0.731. The molecule has 1 saturated heterocycles. The molecule has 0 spiro atoms. The molecule has 0 aromatic rings. The molecular weight excluding hydrogens is 122 g/mol. The molecule has 1 aliphatic carbocycles. The first-order valence-corrected chi connectivity index (χ1v) is 4.58. The molecule has 2 fully saturated rings. The third-order valence-corrected chi connectivity index (χ3v) is 3.47. The van der Waals surface area contributed by atoms with Gasteiger partial charge in [-0.15, -0.1) is 0 Å². The van der Waals surface area contributed by atoms with Gasteiger partial charge >= 0.3 is 0 Å². The molecule has 2 unspecified atom stereocenters. The van der Waals surface area contributed by atoms with Gasteiger partial charge in [0.15, 0.2) is 0 Å². The highest BCUT2D eigenvalue weighted by atomic mass is 15.0. The van der Waals surface area contributed by atoms with E-state index in [1.807, 2.05) is 0 Å². The lowest BCUT2D eigenvalue weighted by Gasteiger charge is -2.44. The van der Waals surface area contributed by atoms with E-state index in [4.69, 9.17) is 0 Å². The summed E-state index contributed by atoms with van der Waals surface area (Å²) in [5, 5.41) is 3.51. The van der Waals surface area contributed by atoms with Crippen molar-refractivity contribution in [3.8, 4) is 0 Å². The Morgan fingerprint density at radius 3 is 3.00 bits per heavy atom. The average Bonchev–Trinajstić information content (AvgIpc) is 2.15. The Kier molecular flexibility index (Phi) is 1.48. The van der Waals surface area contributed by atoms with E-state index in [9.17, 15) is 0 Å². The Balaban J connectivity index is 2.00. The average molecular weight is 139 g/mol. The van der Waals surface area contributed by atoms with Gasteiger partial charge in [0, 0.05) is 6.54 Å². The second kappa shape index (κ2) is 2.23. The van der Waals surface area contributed by atoms with Crippen molar-refractivity contribution >= 4 is 0 Å². The highest BCUT2D eigenvalue weighted by Gasteiger charge is 2.48. The fourth-order valence-electron chi connectivity index (χ4n) is 2.72. The van der Waals surface area contributed by atoms with Crippen molar-refractivity contribution in [1.82, 2.24) is 5.32 Å². The number of rotatable bonds is 2. The summed E-state index contributed by atoms with van der Waals surface area (Å²) in [5.41, 5.74) is 0.773. The van der Waals surface area contributed by atoms with Gasteiger partial charge < -0.3 is 5.32 Å². The summed E-state index contributed by atoms with van der Waals surface area (Å²) in [4.78, 5) is 0. The zero-order chi connectivity index (χ0) is 7.03. The molecule has 1 saturated carbocycles. The van der Waals surface area contributed by atoms with Gasteiger partial charge in [-0.1, -0.05) is 13.3 Å². The normalized spacial score (nSPS) is 44.7. The smallest absolute Gasteiger partial charge is 0.00111 e. The first kappa shape index (κ1) is 6.66. The predicted octanol–water partition coefficient (Wildman–Crippen LogP) is 1.79. The Bertz CT molecular complexity index is 133. The molecule has 1 heterocycles. The largest absolute Gasteiger partial charge is 0.316 e. The molecule has 1 heteroatoms.